The van der Waals surface area contributed by atoms with E-state index in [-0.39, 0.29) is 0 Å². The molecule has 1 atom stereocenters. The van der Waals surface area contributed by atoms with Crippen molar-refractivity contribution in [2.45, 2.75) is 12.2 Å². The summed E-state index contributed by atoms with van der Waals surface area (Å²) in [6.45, 7) is 2.90. The number of nitrogens with zero attached hydrogens (tertiary/aromatic N) is 2. The molecule has 0 aromatic carbocycles. The van der Waals surface area contributed by atoms with Crippen molar-refractivity contribution >= 4 is 35.2 Å². The van der Waals surface area contributed by atoms with Crippen LogP contribution in [0.15, 0.2) is 6.07 Å². The number of nitrogens with one attached hydrogen (secondary N) is 2. The maximum atomic E-state index is 4.39. The van der Waals surface area contributed by atoms with E-state index in [1.165, 1.54) is 17.3 Å². The van der Waals surface area contributed by atoms with Crippen LogP contribution in [0, 0.1) is 6.92 Å². The Morgan fingerprint density at radius 1 is 1.35 bits per heavy atom. The third-order valence-electron chi connectivity index (χ3n) is 2.49. The molecular formula is C11H18N4S2. The number of aromatic nitrogens is 2. The topological polar surface area (TPSA) is 49.8 Å². The van der Waals surface area contributed by atoms with Gasteiger partial charge in [0.2, 0.25) is 0 Å². The van der Waals surface area contributed by atoms with Gasteiger partial charge in [0.05, 0.1) is 0 Å². The number of anilines is 2. The zero-order chi connectivity index (χ0) is 12.1. The van der Waals surface area contributed by atoms with Crippen LogP contribution in [-0.2, 0) is 0 Å². The Bertz CT molecular complexity index is 366. The van der Waals surface area contributed by atoms with Gasteiger partial charge in [-0.15, -0.1) is 0 Å². The maximum absolute atomic E-state index is 4.39. The molecule has 0 saturated carbocycles. The van der Waals surface area contributed by atoms with Crippen LogP contribution in [0.5, 0.6) is 0 Å². The first kappa shape index (κ1) is 12.8. The minimum absolute atomic E-state index is 0.696. The quantitative estimate of drug-likeness (QED) is 0.874. The summed E-state index contributed by atoms with van der Waals surface area (Å²) in [5, 5.41) is 7.15. The predicted octanol–water partition coefficient (Wildman–Crippen LogP) is 2.09. The Morgan fingerprint density at radius 2 is 2.18 bits per heavy atom. The second kappa shape index (κ2) is 6.35. The molecule has 0 radical (unpaired) electrons. The molecule has 94 valence electrons. The van der Waals surface area contributed by atoms with E-state index < -0.39 is 0 Å². The highest BCUT2D eigenvalue weighted by molar-refractivity contribution is 8.06. The Balaban J connectivity index is 1.91. The molecule has 17 heavy (non-hydrogen) atoms. The van der Waals surface area contributed by atoms with Crippen LogP contribution in [0.2, 0.25) is 0 Å². The summed E-state index contributed by atoms with van der Waals surface area (Å²) in [5.74, 6) is 6.37. The third kappa shape index (κ3) is 3.96. The first-order valence-electron chi connectivity index (χ1n) is 5.74. The SMILES string of the molecule is CNc1cc(NCC2CSCCS2)nc(C)n1. The Morgan fingerprint density at radius 3 is 2.88 bits per heavy atom. The molecule has 1 aromatic heterocycles. The van der Waals surface area contributed by atoms with Gasteiger partial charge in [0, 0.05) is 42.2 Å². The van der Waals surface area contributed by atoms with Crippen molar-refractivity contribution in [3.63, 3.8) is 0 Å². The van der Waals surface area contributed by atoms with Crippen molar-refractivity contribution in [2.24, 2.45) is 0 Å². The van der Waals surface area contributed by atoms with Crippen molar-refractivity contribution in [1.82, 2.24) is 9.97 Å². The second-order valence-electron chi connectivity index (χ2n) is 3.88. The van der Waals surface area contributed by atoms with Gasteiger partial charge in [0.1, 0.15) is 17.5 Å². The summed E-state index contributed by atoms with van der Waals surface area (Å²) in [7, 11) is 1.87. The lowest BCUT2D eigenvalue weighted by Crippen LogP contribution is -2.23. The fourth-order valence-electron chi connectivity index (χ4n) is 1.66. The summed E-state index contributed by atoms with van der Waals surface area (Å²) in [4.78, 5) is 8.66. The summed E-state index contributed by atoms with van der Waals surface area (Å²) in [6, 6.07) is 1.95. The lowest BCUT2D eigenvalue weighted by atomic mass is 10.4. The van der Waals surface area contributed by atoms with Gasteiger partial charge < -0.3 is 10.6 Å². The maximum Gasteiger partial charge on any atom is 0.131 e. The first-order chi connectivity index (χ1) is 8.28. The van der Waals surface area contributed by atoms with Crippen LogP contribution in [0.3, 0.4) is 0 Å². The second-order valence-corrected chi connectivity index (χ2v) is 6.44. The molecule has 1 unspecified atom stereocenters. The van der Waals surface area contributed by atoms with Crippen molar-refractivity contribution in [3.8, 4) is 0 Å². The average molecular weight is 270 g/mol. The van der Waals surface area contributed by atoms with Crippen molar-refractivity contribution in [2.75, 3.05) is 41.5 Å². The van der Waals surface area contributed by atoms with Crippen LogP contribution < -0.4 is 10.6 Å². The molecule has 0 bridgehead atoms. The van der Waals surface area contributed by atoms with Crippen LogP contribution in [0.25, 0.3) is 0 Å². The van der Waals surface area contributed by atoms with Crippen molar-refractivity contribution in [1.29, 1.82) is 0 Å². The highest BCUT2D eigenvalue weighted by Crippen LogP contribution is 2.24. The van der Waals surface area contributed by atoms with Gasteiger partial charge in [-0.05, 0) is 6.92 Å². The fourth-order valence-corrected chi connectivity index (χ4v) is 4.27. The molecule has 2 heterocycles. The highest BCUT2D eigenvalue weighted by Gasteiger charge is 2.14. The summed E-state index contributed by atoms with van der Waals surface area (Å²) < 4.78 is 0. The lowest BCUT2D eigenvalue weighted by molar-refractivity contribution is 0.973. The van der Waals surface area contributed by atoms with Crippen molar-refractivity contribution < 1.29 is 0 Å². The number of hydrogen-bond acceptors (Lipinski definition) is 6. The first-order valence-corrected chi connectivity index (χ1v) is 7.95. The smallest absolute Gasteiger partial charge is 0.131 e. The van der Waals surface area contributed by atoms with E-state index in [1.54, 1.807) is 0 Å². The zero-order valence-electron chi connectivity index (χ0n) is 10.2. The van der Waals surface area contributed by atoms with E-state index in [0.29, 0.717) is 5.25 Å². The number of thioether (sulfide) groups is 2. The molecule has 6 heteroatoms. The minimum atomic E-state index is 0.696. The Hall–Kier alpha value is -0.620. The van der Waals surface area contributed by atoms with Crippen molar-refractivity contribution in [3.05, 3.63) is 11.9 Å². The molecule has 0 spiro atoms. The third-order valence-corrected chi connectivity index (χ3v) is 5.33. The van der Waals surface area contributed by atoms with Crippen LogP contribution >= 0.6 is 23.5 Å². The molecule has 1 fully saturated rings. The highest BCUT2D eigenvalue weighted by atomic mass is 32.2. The lowest BCUT2D eigenvalue weighted by Gasteiger charge is -2.21. The standard InChI is InChI=1S/C11H18N4S2/c1-8-14-10(12-2)5-11(15-8)13-6-9-7-16-3-4-17-9/h5,9H,3-4,6-7H2,1-2H3,(H2,12,13,14,15). The van der Waals surface area contributed by atoms with Crippen LogP contribution in [0.1, 0.15) is 5.82 Å². The van der Waals surface area contributed by atoms with Gasteiger partial charge >= 0.3 is 0 Å². The number of hydrogen-bond donors (Lipinski definition) is 2. The molecule has 2 N–H and O–H groups in total. The summed E-state index contributed by atoms with van der Waals surface area (Å²) >= 11 is 4.10. The van der Waals surface area contributed by atoms with E-state index in [2.05, 4.69) is 32.4 Å². The molecular weight excluding hydrogens is 252 g/mol. The molecule has 1 saturated heterocycles. The van der Waals surface area contributed by atoms with E-state index in [4.69, 9.17) is 0 Å². The average Bonchev–Trinajstić information content (AvgIpc) is 2.37. The molecule has 1 aliphatic heterocycles. The van der Waals surface area contributed by atoms with Crippen LogP contribution in [-0.4, -0.2) is 46.1 Å². The summed E-state index contributed by atoms with van der Waals surface area (Å²) in [5.41, 5.74) is 0. The molecule has 0 aliphatic carbocycles. The van der Waals surface area contributed by atoms with E-state index in [9.17, 15) is 0 Å². The van der Waals surface area contributed by atoms with Gasteiger partial charge in [-0.1, -0.05) is 0 Å². The van der Waals surface area contributed by atoms with Gasteiger partial charge in [-0.3, -0.25) is 0 Å². The molecule has 0 amide bonds. The normalized spacial score (nSPS) is 20.0. The van der Waals surface area contributed by atoms with Gasteiger partial charge in [-0.25, -0.2) is 9.97 Å². The zero-order valence-corrected chi connectivity index (χ0v) is 11.8. The summed E-state index contributed by atoms with van der Waals surface area (Å²) in [6.07, 6.45) is 0. The molecule has 4 nitrogen and oxygen atoms in total. The Kier molecular flexibility index (Phi) is 4.79. The van der Waals surface area contributed by atoms with Gasteiger partial charge in [-0.2, -0.15) is 23.5 Å². The number of aryl methyl sites for hydroxylation is 1. The predicted molar refractivity (Wildman–Crippen MR) is 78.4 cm³/mol. The van der Waals surface area contributed by atoms with Crippen LogP contribution in [0.4, 0.5) is 11.6 Å². The molecule has 2 rings (SSSR count). The fraction of sp³-hybridized carbons (Fsp3) is 0.636. The minimum Gasteiger partial charge on any atom is -0.373 e. The Labute approximate surface area is 111 Å². The van der Waals surface area contributed by atoms with Gasteiger partial charge in [0.25, 0.3) is 0 Å². The molecule has 1 aliphatic rings. The number of rotatable bonds is 4. The van der Waals surface area contributed by atoms with E-state index in [0.717, 1.165) is 24.0 Å². The largest absolute Gasteiger partial charge is 0.373 e. The van der Waals surface area contributed by atoms with E-state index in [1.807, 2.05) is 31.8 Å². The monoisotopic (exact) mass is 270 g/mol. The van der Waals surface area contributed by atoms with E-state index >= 15 is 0 Å². The molecule has 1 aromatic rings. The van der Waals surface area contributed by atoms with Gasteiger partial charge in [0.15, 0.2) is 0 Å².